The smallest absolute Gasteiger partial charge is 0.341 e. The number of carbonyl (C=O) groups excluding carboxylic acids is 2. The number of nitrogens with one attached hydrogen (secondary N) is 1. The number of ketones is 2. The number of rotatable bonds is 14. The van der Waals surface area contributed by atoms with Crippen LogP contribution >= 0.6 is 0 Å². The van der Waals surface area contributed by atoms with Crippen LogP contribution in [-0.2, 0) is 14.4 Å². The van der Waals surface area contributed by atoms with Crippen LogP contribution < -0.4 is 5.32 Å². The van der Waals surface area contributed by atoms with E-state index in [0.29, 0.717) is 36.8 Å². The minimum absolute atomic E-state index is 0.0467. The van der Waals surface area contributed by atoms with Crippen molar-refractivity contribution in [3.63, 3.8) is 0 Å². The Labute approximate surface area is 165 Å². The lowest BCUT2D eigenvalue weighted by Gasteiger charge is -2.20. The Hall–Kier alpha value is -1.65. The van der Waals surface area contributed by atoms with Crippen molar-refractivity contribution < 1.29 is 19.5 Å². The Morgan fingerprint density at radius 3 is 1.78 bits per heavy atom. The largest absolute Gasteiger partial charge is 0.477 e. The summed E-state index contributed by atoms with van der Waals surface area (Å²) < 4.78 is 0. The van der Waals surface area contributed by atoms with E-state index >= 15 is 0 Å². The van der Waals surface area contributed by atoms with Crippen LogP contribution in [0.1, 0.15) is 80.1 Å². The molecule has 0 aliphatic heterocycles. The van der Waals surface area contributed by atoms with Crippen LogP contribution in [0.4, 0.5) is 0 Å². The molecule has 0 heterocycles. The van der Waals surface area contributed by atoms with Crippen LogP contribution in [0.5, 0.6) is 0 Å². The molecule has 0 saturated carbocycles. The summed E-state index contributed by atoms with van der Waals surface area (Å²) in [5.74, 6) is -1.10. The van der Waals surface area contributed by atoms with E-state index in [4.69, 9.17) is 0 Å². The molecular weight excluding hydrogens is 342 g/mol. The van der Waals surface area contributed by atoms with E-state index in [1.54, 1.807) is 7.05 Å². The number of carboxylic acid groups (broad SMARTS) is 1. The van der Waals surface area contributed by atoms with Crippen LogP contribution in [0.2, 0.25) is 0 Å². The standard InChI is InChI=1S/C22H39NO4/c1-14(2)8-10-17(13-18(24)11-9-15(3)4)21(25)20(22(26)27)19(23-7)12-16(5)6/h14-17,23H,8-13H2,1-7H3,(H,26,27)/b20-19+/t17-/m1/s1. The second-order valence-corrected chi connectivity index (χ2v) is 8.71. The number of carboxylic acids is 1. The Morgan fingerprint density at radius 2 is 1.37 bits per heavy atom. The molecule has 0 aromatic carbocycles. The molecule has 5 heteroatoms. The molecule has 2 N–H and O–H groups in total. The van der Waals surface area contributed by atoms with Gasteiger partial charge in [0.25, 0.3) is 0 Å². The second-order valence-electron chi connectivity index (χ2n) is 8.71. The molecule has 0 aromatic heterocycles. The van der Waals surface area contributed by atoms with E-state index in [2.05, 4.69) is 33.0 Å². The molecule has 0 amide bonds. The van der Waals surface area contributed by atoms with E-state index in [0.717, 1.165) is 12.8 Å². The number of allylic oxidation sites excluding steroid dienone is 1. The molecule has 5 nitrogen and oxygen atoms in total. The van der Waals surface area contributed by atoms with Gasteiger partial charge < -0.3 is 10.4 Å². The maximum absolute atomic E-state index is 13.1. The van der Waals surface area contributed by atoms with E-state index in [1.807, 2.05) is 13.8 Å². The molecule has 27 heavy (non-hydrogen) atoms. The molecule has 1 atom stereocenters. The third-order valence-electron chi connectivity index (χ3n) is 4.61. The molecule has 0 rings (SSSR count). The molecule has 0 aliphatic carbocycles. The first kappa shape index (κ1) is 25.4. The van der Waals surface area contributed by atoms with Crippen molar-refractivity contribution in [3.8, 4) is 0 Å². The third kappa shape index (κ3) is 10.3. The average Bonchev–Trinajstić information content (AvgIpc) is 2.54. The number of hydrogen-bond donors (Lipinski definition) is 2. The number of hydrogen-bond acceptors (Lipinski definition) is 4. The molecule has 0 spiro atoms. The first-order valence-electron chi connectivity index (χ1n) is 10.2. The van der Waals surface area contributed by atoms with E-state index < -0.39 is 17.7 Å². The SMILES string of the molecule is CN/C(CC(C)C)=C(/C(=O)O)C(=O)[C@H](CCC(C)C)CC(=O)CCC(C)C. The minimum atomic E-state index is -1.21. The Morgan fingerprint density at radius 1 is 0.815 bits per heavy atom. The van der Waals surface area contributed by atoms with Gasteiger partial charge >= 0.3 is 5.97 Å². The van der Waals surface area contributed by atoms with E-state index in [1.165, 1.54) is 0 Å². The molecule has 0 saturated heterocycles. The van der Waals surface area contributed by atoms with Gasteiger partial charge in [-0.1, -0.05) is 48.0 Å². The highest BCUT2D eigenvalue weighted by Gasteiger charge is 2.31. The van der Waals surface area contributed by atoms with E-state index in [-0.39, 0.29) is 23.7 Å². The highest BCUT2D eigenvalue weighted by atomic mass is 16.4. The zero-order valence-electron chi connectivity index (χ0n) is 18.2. The zero-order chi connectivity index (χ0) is 21.1. The van der Waals surface area contributed by atoms with E-state index in [9.17, 15) is 19.5 Å². The third-order valence-corrected chi connectivity index (χ3v) is 4.61. The Bertz CT molecular complexity index is 532. The van der Waals surface area contributed by atoms with Gasteiger partial charge in [-0.3, -0.25) is 9.59 Å². The maximum atomic E-state index is 13.1. The second kappa shape index (κ2) is 12.7. The summed E-state index contributed by atoms with van der Waals surface area (Å²) in [6.07, 6.45) is 3.19. The van der Waals surface area contributed by atoms with Crippen molar-refractivity contribution in [2.45, 2.75) is 80.1 Å². The van der Waals surface area contributed by atoms with Crippen LogP contribution in [0.15, 0.2) is 11.3 Å². The van der Waals surface area contributed by atoms with Gasteiger partial charge in [-0.15, -0.1) is 0 Å². The molecule has 0 fully saturated rings. The fraction of sp³-hybridized carbons (Fsp3) is 0.773. The highest BCUT2D eigenvalue weighted by molar-refractivity contribution is 6.18. The highest BCUT2D eigenvalue weighted by Crippen LogP contribution is 2.25. The van der Waals surface area contributed by atoms with Gasteiger partial charge in [-0.2, -0.15) is 0 Å². The van der Waals surface area contributed by atoms with Crippen LogP contribution in [0.3, 0.4) is 0 Å². The van der Waals surface area contributed by atoms with Crippen LogP contribution in [-0.4, -0.2) is 29.7 Å². The topological polar surface area (TPSA) is 83.5 Å². The lowest BCUT2D eigenvalue weighted by molar-refractivity contribution is -0.136. The summed E-state index contributed by atoms with van der Waals surface area (Å²) in [6, 6.07) is 0. The zero-order valence-corrected chi connectivity index (χ0v) is 18.2. The minimum Gasteiger partial charge on any atom is -0.477 e. The van der Waals surface area contributed by atoms with Crippen molar-refractivity contribution in [2.24, 2.45) is 23.7 Å². The summed E-state index contributed by atoms with van der Waals surface area (Å²) in [5, 5.41) is 12.6. The predicted molar refractivity (Wildman–Crippen MR) is 109 cm³/mol. The number of Topliss-reactive ketones (excluding diaryl/α,β-unsaturated/α-hetero) is 2. The average molecular weight is 382 g/mol. The summed E-state index contributed by atoms with van der Waals surface area (Å²) in [7, 11) is 1.64. The maximum Gasteiger partial charge on any atom is 0.341 e. The van der Waals surface area contributed by atoms with Crippen molar-refractivity contribution in [1.29, 1.82) is 0 Å². The molecule has 0 aromatic rings. The van der Waals surface area contributed by atoms with Crippen molar-refractivity contribution in [2.75, 3.05) is 7.05 Å². The first-order chi connectivity index (χ1) is 12.5. The lowest BCUT2D eigenvalue weighted by atomic mass is 9.84. The molecular formula is C22H39NO4. The van der Waals surface area contributed by atoms with Gasteiger partial charge in [0.05, 0.1) is 0 Å². The quantitative estimate of drug-likeness (QED) is 0.261. The summed E-state index contributed by atoms with van der Waals surface area (Å²) in [6.45, 7) is 12.2. The van der Waals surface area contributed by atoms with Gasteiger partial charge in [-0.05, 0) is 37.0 Å². The first-order valence-corrected chi connectivity index (χ1v) is 10.2. The Kier molecular flexibility index (Phi) is 11.9. The van der Waals surface area contributed by atoms with Gasteiger partial charge in [0.15, 0.2) is 5.78 Å². The van der Waals surface area contributed by atoms with Gasteiger partial charge in [-0.25, -0.2) is 4.79 Å². The molecule has 0 radical (unpaired) electrons. The van der Waals surface area contributed by atoms with Crippen LogP contribution in [0.25, 0.3) is 0 Å². The van der Waals surface area contributed by atoms with Gasteiger partial charge in [0.2, 0.25) is 0 Å². The number of carbonyl (C=O) groups is 3. The summed E-state index contributed by atoms with van der Waals surface area (Å²) >= 11 is 0. The molecule has 0 unspecified atom stereocenters. The van der Waals surface area contributed by atoms with Gasteiger partial charge in [0.1, 0.15) is 11.4 Å². The lowest BCUT2D eigenvalue weighted by Crippen LogP contribution is -2.28. The molecule has 0 bridgehead atoms. The van der Waals surface area contributed by atoms with Gasteiger partial charge in [0, 0.05) is 31.5 Å². The number of aliphatic carboxylic acids is 1. The summed E-state index contributed by atoms with van der Waals surface area (Å²) in [5.41, 5.74) is 0.267. The predicted octanol–water partition coefficient (Wildman–Crippen LogP) is 4.61. The van der Waals surface area contributed by atoms with Crippen molar-refractivity contribution in [1.82, 2.24) is 5.32 Å². The normalized spacial score (nSPS) is 13.7. The fourth-order valence-corrected chi connectivity index (χ4v) is 3.01. The summed E-state index contributed by atoms with van der Waals surface area (Å²) in [4.78, 5) is 37.4. The molecule has 0 aliphatic rings. The van der Waals surface area contributed by atoms with Crippen molar-refractivity contribution in [3.05, 3.63) is 11.3 Å². The monoisotopic (exact) mass is 381 g/mol. The van der Waals surface area contributed by atoms with Crippen LogP contribution in [0, 0.1) is 23.7 Å². The van der Waals surface area contributed by atoms with Crippen molar-refractivity contribution >= 4 is 17.5 Å². The Balaban J connectivity index is 5.62. The molecule has 156 valence electrons. The fourth-order valence-electron chi connectivity index (χ4n) is 3.01.